The number of nitrogens with zero attached hydrogens (tertiary/aromatic N) is 1. The molecule has 0 radical (unpaired) electrons. The lowest BCUT2D eigenvalue weighted by atomic mass is 10.1. The third-order valence-electron chi connectivity index (χ3n) is 2.90. The number of benzene rings is 1. The second-order valence-corrected chi connectivity index (χ2v) is 4.29. The van der Waals surface area contributed by atoms with Gasteiger partial charge in [0, 0.05) is 37.4 Å². The lowest BCUT2D eigenvalue weighted by Crippen LogP contribution is -2.33. The van der Waals surface area contributed by atoms with Crippen molar-refractivity contribution in [2.75, 3.05) is 19.8 Å². The van der Waals surface area contributed by atoms with E-state index in [0.29, 0.717) is 25.3 Å². The summed E-state index contributed by atoms with van der Waals surface area (Å²) in [6.07, 6.45) is -0.338. The fourth-order valence-electron chi connectivity index (χ4n) is 1.94. The first-order valence-electron chi connectivity index (χ1n) is 6.80. The Morgan fingerprint density at radius 3 is 2.40 bits per heavy atom. The van der Waals surface area contributed by atoms with Crippen LogP contribution in [0.15, 0.2) is 24.3 Å². The smallest absolute Gasteiger partial charge is 0.274 e. The second-order valence-electron chi connectivity index (χ2n) is 4.29. The van der Waals surface area contributed by atoms with E-state index in [9.17, 15) is 10.1 Å². The molecule has 1 aromatic carbocycles. The summed E-state index contributed by atoms with van der Waals surface area (Å²) < 4.78 is 10.9. The first-order valence-corrected chi connectivity index (χ1v) is 6.80. The predicted molar refractivity (Wildman–Crippen MR) is 76.6 cm³/mol. The molecule has 0 bridgehead atoms. The molecule has 20 heavy (non-hydrogen) atoms. The van der Waals surface area contributed by atoms with Gasteiger partial charge >= 0.3 is 0 Å². The number of rotatable bonds is 9. The zero-order valence-corrected chi connectivity index (χ0v) is 12.2. The number of nitro groups is 1. The predicted octanol–water partition coefficient (Wildman–Crippen LogP) is 2.64. The molecular formula is C14H22N2O4. The van der Waals surface area contributed by atoms with Crippen LogP contribution in [0, 0.1) is 10.1 Å². The summed E-state index contributed by atoms with van der Waals surface area (Å²) in [4.78, 5) is 10.6. The van der Waals surface area contributed by atoms with Crippen LogP contribution in [0.5, 0.6) is 0 Å². The van der Waals surface area contributed by atoms with E-state index in [0.717, 1.165) is 0 Å². The van der Waals surface area contributed by atoms with Crippen molar-refractivity contribution in [2.24, 2.45) is 0 Å². The normalized spacial score (nSPS) is 12.6. The zero-order chi connectivity index (χ0) is 15.0. The van der Waals surface area contributed by atoms with Crippen LogP contribution in [-0.2, 0) is 9.47 Å². The molecule has 0 aliphatic rings. The molecule has 1 N–H and O–H groups in total. The summed E-state index contributed by atoms with van der Waals surface area (Å²) >= 11 is 0. The molecule has 0 aromatic heterocycles. The van der Waals surface area contributed by atoms with E-state index in [1.165, 1.54) is 6.07 Å². The van der Waals surface area contributed by atoms with Crippen LogP contribution in [0.25, 0.3) is 0 Å². The standard InChI is InChI=1S/C14H22N2O4/c1-4-19-14(20-5-2)10-15-11(3)12-8-6-7-9-13(12)16(17)18/h6-9,11,14-15H,4-5,10H2,1-3H3. The maximum absolute atomic E-state index is 11.0. The number of para-hydroxylation sites is 1. The Balaban J connectivity index is 2.66. The molecule has 0 heterocycles. The van der Waals surface area contributed by atoms with E-state index in [1.807, 2.05) is 20.8 Å². The van der Waals surface area contributed by atoms with E-state index in [1.54, 1.807) is 18.2 Å². The van der Waals surface area contributed by atoms with Gasteiger partial charge in [0.2, 0.25) is 0 Å². The minimum Gasteiger partial charge on any atom is -0.352 e. The molecule has 0 amide bonds. The summed E-state index contributed by atoms with van der Waals surface area (Å²) in [6.45, 7) is 7.29. The van der Waals surface area contributed by atoms with Gasteiger partial charge < -0.3 is 14.8 Å². The van der Waals surface area contributed by atoms with Crippen molar-refractivity contribution < 1.29 is 14.4 Å². The summed E-state index contributed by atoms with van der Waals surface area (Å²) in [7, 11) is 0. The van der Waals surface area contributed by atoms with E-state index in [2.05, 4.69) is 5.32 Å². The van der Waals surface area contributed by atoms with Gasteiger partial charge in [-0.1, -0.05) is 18.2 Å². The molecule has 0 saturated carbocycles. The third-order valence-corrected chi connectivity index (χ3v) is 2.90. The van der Waals surface area contributed by atoms with Crippen molar-refractivity contribution in [1.82, 2.24) is 5.32 Å². The van der Waals surface area contributed by atoms with Crippen molar-refractivity contribution in [3.05, 3.63) is 39.9 Å². The molecule has 1 aromatic rings. The van der Waals surface area contributed by atoms with Gasteiger partial charge in [-0.2, -0.15) is 0 Å². The Bertz CT molecular complexity index is 419. The molecule has 6 heteroatoms. The second kappa shape index (κ2) is 8.63. The van der Waals surface area contributed by atoms with Gasteiger partial charge in [0.05, 0.1) is 4.92 Å². The highest BCUT2D eigenvalue weighted by molar-refractivity contribution is 5.41. The van der Waals surface area contributed by atoms with Gasteiger partial charge in [0.25, 0.3) is 5.69 Å². The first-order chi connectivity index (χ1) is 9.60. The summed E-state index contributed by atoms with van der Waals surface area (Å²) in [6, 6.07) is 6.57. The van der Waals surface area contributed by atoms with Crippen LogP contribution < -0.4 is 5.32 Å². The number of nitro benzene ring substituents is 1. The Morgan fingerprint density at radius 2 is 1.85 bits per heavy atom. The molecule has 0 aliphatic heterocycles. The molecule has 1 atom stereocenters. The van der Waals surface area contributed by atoms with Crippen LogP contribution in [0.3, 0.4) is 0 Å². The maximum atomic E-state index is 11.0. The topological polar surface area (TPSA) is 73.6 Å². The average molecular weight is 282 g/mol. The lowest BCUT2D eigenvalue weighted by molar-refractivity contribution is -0.385. The Hall–Kier alpha value is -1.50. The lowest BCUT2D eigenvalue weighted by Gasteiger charge is -2.20. The van der Waals surface area contributed by atoms with E-state index in [4.69, 9.17) is 9.47 Å². The molecule has 112 valence electrons. The van der Waals surface area contributed by atoms with Crippen LogP contribution >= 0.6 is 0 Å². The van der Waals surface area contributed by atoms with E-state index >= 15 is 0 Å². The van der Waals surface area contributed by atoms with Crippen LogP contribution in [0.1, 0.15) is 32.4 Å². The van der Waals surface area contributed by atoms with Crippen LogP contribution in [0.2, 0.25) is 0 Å². The van der Waals surface area contributed by atoms with Gasteiger partial charge in [-0.05, 0) is 20.8 Å². The van der Waals surface area contributed by atoms with Gasteiger partial charge in [-0.15, -0.1) is 0 Å². The van der Waals surface area contributed by atoms with E-state index < -0.39 is 0 Å². The molecule has 0 spiro atoms. The Labute approximate surface area is 119 Å². The minimum absolute atomic E-state index is 0.122. The Kier molecular flexibility index (Phi) is 7.14. The highest BCUT2D eigenvalue weighted by Gasteiger charge is 2.19. The summed E-state index contributed by atoms with van der Waals surface area (Å²) in [5.74, 6) is 0. The van der Waals surface area contributed by atoms with Gasteiger partial charge in [-0.3, -0.25) is 10.1 Å². The van der Waals surface area contributed by atoms with Crippen molar-refractivity contribution in [3.63, 3.8) is 0 Å². The summed E-state index contributed by atoms with van der Waals surface area (Å²) in [5, 5.41) is 14.2. The average Bonchev–Trinajstić information content (AvgIpc) is 2.45. The van der Waals surface area contributed by atoms with E-state index in [-0.39, 0.29) is 22.9 Å². The third kappa shape index (κ3) is 4.88. The summed E-state index contributed by atoms with van der Waals surface area (Å²) in [5.41, 5.74) is 0.779. The highest BCUT2D eigenvalue weighted by atomic mass is 16.7. The molecule has 1 unspecified atom stereocenters. The quantitative estimate of drug-likeness (QED) is 0.428. The number of hydrogen-bond acceptors (Lipinski definition) is 5. The van der Waals surface area contributed by atoms with Gasteiger partial charge in [-0.25, -0.2) is 0 Å². The Morgan fingerprint density at radius 1 is 1.25 bits per heavy atom. The van der Waals surface area contributed by atoms with Crippen molar-refractivity contribution in [2.45, 2.75) is 33.1 Å². The molecule has 0 fully saturated rings. The number of hydrogen-bond donors (Lipinski definition) is 1. The van der Waals surface area contributed by atoms with Gasteiger partial charge in [0.1, 0.15) is 0 Å². The molecule has 6 nitrogen and oxygen atoms in total. The zero-order valence-electron chi connectivity index (χ0n) is 12.2. The first kappa shape index (κ1) is 16.6. The molecule has 0 aliphatic carbocycles. The fourth-order valence-corrected chi connectivity index (χ4v) is 1.94. The van der Waals surface area contributed by atoms with Crippen molar-refractivity contribution in [1.29, 1.82) is 0 Å². The monoisotopic (exact) mass is 282 g/mol. The van der Waals surface area contributed by atoms with Crippen LogP contribution in [0.4, 0.5) is 5.69 Å². The number of ether oxygens (including phenoxy) is 2. The van der Waals surface area contributed by atoms with Crippen molar-refractivity contribution >= 4 is 5.69 Å². The molecule has 0 saturated heterocycles. The molecular weight excluding hydrogens is 260 g/mol. The van der Waals surface area contributed by atoms with Crippen molar-refractivity contribution in [3.8, 4) is 0 Å². The maximum Gasteiger partial charge on any atom is 0.274 e. The molecule has 1 rings (SSSR count). The SMILES string of the molecule is CCOC(CNC(C)c1ccccc1[N+](=O)[O-])OCC. The largest absolute Gasteiger partial charge is 0.352 e. The van der Waals surface area contributed by atoms with Gasteiger partial charge in [0.15, 0.2) is 6.29 Å². The highest BCUT2D eigenvalue weighted by Crippen LogP contribution is 2.24. The number of nitrogens with one attached hydrogen (secondary N) is 1. The minimum atomic E-state index is -0.365. The van der Waals surface area contributed by atoms with Crippen LogP contribution in [-0.4, -0.2) is 31.0 Å². The fraction of sp³-hybridized carbons (Fsp3) is 0.571.